The van der Waals surface area contributed by atoms with Gasteiger partial charge in [0.1, 0.15) is 11.9 Å². The van der Waals surface area contributed by atoms with E-state index in [2.05, 4.69) is 5.32 Å². The Kier molecular flexibility index (Phi) is 11.7. The zero-order valence-electron chi connectivity index (χ0n) is 25.1. The first kappa shape index (κ1) is 32.8. The van der Waals surface area contributed by atoms with Gasteiger partial charge >= 0.3 is 0 Å². The van der Waals surface area contributed by atoms with Crippen molar-refractivity contribution in [1.29, 1.82) is 0 Å². The molecule has 0 spiro atoms. The van der Waals surface area contributed by atoms with Crippen molar-refractivity contribution in [3.8, 4) is 0 Å². The highest BCUT2D eigenvalue weighted by molar-refractivity contribution is 7.92. The maximum atomic E-state index is 14.8. The van der Waals surface area contributed by atoms with Gasteiger partial charge in [-0.2, -0.15) is 0 Å². The normalized spacial score (nSPS) is 12.8. The van der Waals surface area contributed by atoms with Crippen molar-refractivity contribution in [2.24, 2.45) is 0 Å². The number of amides is 2. The summed E-state index contributed by atoms with van der Waals surface area (Å²) < 4.78 is 41.5. The average Bonchev–Trinajstić information content (AvgIpc) is 2.95. The maximum Gasteiger partial charge on any atom is 0.243 e. The molecule has 0 fully saturated rings. The molecule has 2 atom stereocenters. The van der Waals surface area contributed by atoms with Crippen LogP contribution in [0.15, 0.2) is 72.8 Å². The van der Waals surface area contributed by atoms with Crippen LogP contribution in [-0.4, -0.2) is 50.0 Å². The maximum absolute atomic E-state index is 14.8. The van der Waals surface area contributed by atoms with Crippen LogP contribution >= 0.6 is 0 Å². The molecular formula is C33H42FN3O4S. The Hall–Kier alpha value is -3.72. The summed E-state index contributed by atoms with van der Waals surface area (Å²) in [5, 5.41) is 3.00. The Morgan fingerprint density at radius 1 is 0.952 bits per heavy atom. The number of carbonyl (C=O) groups is 2. The van der Waals surface area contributed by atoms with Crippen LogP contribution in [0.25, 0.3) is 0 Å². The Labute approximate surface area is 249 Å². The standard InChI is InChI=1S/C33H42FN3O4S/c1-6-26(4)35-33(39)31(22-27-13-8-7-9-14-27)36(23-28-15-10-11-16-30(28)34)32(38)17-12-20-37(42(5,40)41)29-19-18-24(2)25(3)21-29/h7-11,13-16,18-19,21,26,31H,6,12,17,20,22-23H2,1-5H3,(H,35,39)/t26-,31-/m1/s1. The van der Waals surface area contributed by atoms with Crippen molar-refractivity contribution >= 4 is 27.5 Å². The van der Waals surface area contributed by atoms with E-state index >= 15 is 0 Å². The van der Waals surface area contributed by atoms with Gasteiger partial charge in [0.2, 0.25) is 21.8 Å². The molecule has 3 aromatic carbocycles. The van der Waals surface area contributed by atoms with Crippen LogP contribution in [0.4, 0.5) is 10.1 Å². The minimum atomic E-state index is -3.61. The molecule has 0 unspecified atom stereocenters. The van der Waals surface area contributed by atoms with E-state index in [1.807, 2.05) is 70.2 Å². The van der Waals surface area contributed by atoms with Crippen LogP contribution < -0.4 is 9.62 Å². The number of aryl methyl sites for hydroxylation is 2. The third kappa shape index (κ3) is 9.14. The van der Waals surface area contributed by atoms with Crippen molar-refractivity contribution in [3.05, 3.63) is 101 Å². The van der Waals surface area contributed by atoms with Crippen LogP contribution in [0.5, 0.6) is 0 Å². The summed E-state index contributed by atoms with van der Waals surface area (Å²) in [5.41, 5.74) is 3.71. The number of sulfonamides is 1. The molecule has 0 aliphatic rings. The molecule has 1 N–H and O–H groups in total. The Bertz CT molecular complexity index is 1460. The second-order valence-electron chi connectivity index (χ2n) is 10.8. The first-order valence-electron chi connectivity index (χ1n) is 14.3. The summed E-state index contributed by atoms with van der Waals surface area (Å²) in [6.07, 6.45) is 2.31. The van der Waals surface area contributed by atoms with Crippen molar-refractivity contribution in [2.45, 2.75) is 72.0 Å². The van der Waals surface area contributed by atoms with Gasteiger partial charge in [0.25, 0.3) is 0 Å². The summed E-state index contributed by atoms with van der Waals surface area (Å²) in [6, 6.07) is 20.1. The largest absolute Gasteiger partial charge is 0.352 e. The zero-order valence-corrected chi connectivity index (χ0v) is 26.0. The van der Waals surface area contributed by atoms with Crippen molar-refractivity contribution in [3.63, 3.8) is 0 Å². The summed E-state index contributed by atoms with van der Waals surface area (Å²) in [5.74, 6) is -1.13. The summed E-state index contributed by atoms with van der Waals surface area (Å²) in [4.78, 5) is 28.9. The number of hydrogen-bond acceptors (Lipinski definition) is 4. The van der Waals surface area contributed by atoms with Crippen molar-refractivity contribution < 1.29 is 22.4 Å². The summed E-state index contributed by atoms with van der Waals surface area (Å²) >= 11 is 0. The fourth-order valence-corrected chi connectivity index (χ4v) is 5.65. The first-order chi connectivity index (χ1) is 19.9. The molecule has 0 heterocycles. The Morgan fingerprint density at radius 3 is 2.24 bits per heavy atom. The van der Waals surface area contributed by atoms with Gasteiger partial charge in [0.15, 0.2) is 0 Å². The number of carbonyl (C=O) groups excluding carboxylic acids is 2. The van der Waals surface area contributed by atoms with Gasteiger partial charge in [-0.05, 0) is 68.5 Å². The third-order valence-corrected chi connectivity index (χ3v) is 8.70. The van der Waals surface area contributed by atoms with Gasteiger partial charge < -0.3 is 10.2 Å². The minimum absolute atomic E-state index is 0.0206. The lowest BCUT2D eigenvalue weighted by atomic mass is 10.0. The molecule has 0 saturated heterocycles. The molecule has 42 heavy (non-hydrogen) atoms. The van der Waals surface area contributed by atoms with Gasteiger partial charge in [0.05, 0.1) is 11.9 Å². The first-order valence-corrected chi connectivity index (χ1v) is 16.2. The van der Waals surface area contributed by atoms with Gasteiger partial charge in [-0.25, -0.2) is 12.8 Å². The van der Waals surface area contributed by atoms with Crippen LogP contribution in [0.2, 0.25) is 0 Å². The SMILES string of the molecule is CC[C@@H](C)NC(=O)[C@@H](Cc1ccccc1)N(Cc1ccccc1F)C(=O)CCCN(c1ccc(C)c(C)c1)S(C)(=O)=O. The number of nitrogens with one attached hydrogen (secondary N) is 1. The van der Waals surface area contributed by atoms with E-state index in [4.69, 9.17) is 0 Å². The quantitative estimate of drug-likeness (QED) is 0.265. The molecule has 9 heteroatoms. The van der Waals surface area contributed by atoms with Crippen molar-refractivity contribution in [2.75, 3.05) is 17.1 Å². The van der Waals surface area contributed by atoms with E-state index in [0.29, 0.717) is 17.7 Å². The molecule has 0 aliphatic heterocycles. The van der Waals surface area contributed by atoms with E-state index in [1.165, 1.54) is 15.3 Å². The van der Waals surface area contributed by atoms with E-state index < -0.39 is 21.9 Å². The highest BCUT2D eigenvalue weighted by atomic mass is 32.2. The number of rotatable bonds is 14. The number of hydrogen-bond donors (Lipinski definition) is 1. The smallest absolute Gasteiger partial charge is 0.243 e. The molecule has 3 aromatic rings. The Morgan fingerprint density at radius 2 is 1.62 bits per heavy atom. The molecule has 2 amide bonds. The lowest BCUT2D eigenvalue weighted by Crippen LogP contribution is -2.52. The topological polar surface area (TPSA) is 86.8 Å². The molecule has 7 nitrogen and oxygen atoms in total. The van der Waals surface area contributed by atoms with E-state index in [0.717, 1.165) is 22.9 Å². The summed E-state index contributed by atoms with van der Waals surface area (Å²) in [6.45, 7) is 7.72. The third-order valence-electron chi connectivity index (χ3n) is 7.50. The van der Waals surface area contributed by atoms with E-state index in [-0.39, 0.29) is 50.2 Å². The monoisotopic (exact) mass is 595 g/mol. The molecule has 0 aliphatic carbocycles. The molecule has 3 rings (SSSR count). The van der Waals surface area contributed by atoms with Crippen molar-refractivity contribution in [1.82, 2.24) is 10.2 Å². The van der Waals surface area contributed by atoms with Crippen LogP contribution in [0, 0.1) is 19.7 Å². The zero-order chi connectivity index (χ0) is 30.9. The minimum Gasteiger partial charge on any atom is -0.352 e. The lowest BCUT2D eigenvalue weighted by Gasteiger charge is -2.33. The highest BCUT2D eigenvalue weighted by Gasteiger charge is 2.31. The molecule has 0 radical (unpaired) electrons. The van der Waals surface area contributed by atoms with E-state index in [1.54, 1.807) is 24.3 Å². The van der Waals surface area contributed by atoms with Crippen LogP contribution in [0.3, 0.4) is 0 Å². The Balaban J connectivity index is 1.91. The fourth-order valence-electron chi connectivity index (χ4n) is 4.69. The number of benzene rings is 3. The van der Waals surface area contributed by atoms with E-state index in [9.17, 15) is 22.4 Å². The van der Waals surface area contributed by atoms with Gasteiger partial charge in [0, 0.05) is 37.5 Å². The highest BCUT2D eigenvalue weighted by Crippen LogP contribution is 2.23. The second-order valence-corrected chi connectivity index (χ2v) is 12.8. The van der Waals surface area contributed by atoms with Crippen LogP contribution in [0.1, 0.15) is 55.4 Å². The number of anilines is 1. The molecule has 0 bridgehead atoms. The molecular weight excluding hydrogens is 553 g/mol. The predicted octanol–water partition coefficient (Wildman–Crippen LogP) is 5.54. The molecule has 226 valence electrons. The van der Waals surface area contributed by atoms with Gasteiger partial charge in [-0.15, -0.1) is 0 Å². The average molecular weight is 596 g/mol. The molecule has 0 saturated carbocycles. The number of nitrogens with zero attached hydrogens (tertiary/aromatic N) is 2. The predicted molar refractivity (Wildman–Crippen MR) is 166 cm³/mol. The number of halogens is 1. The molecule has 0 aromatic heterocycles. The van der Waals surface area contributed by atoms with Gasteiger partial charge in [-0.1, -0.05) is 61.5 Å². The summed E-state index contributed by atoms with van der Waals surface area (Å²) in [7, 11) is -3.61. The van der Waals surface area contributed by atoms with Gasteiger partial charge in [-0.3, -0.25) is 13.9 Å². The second kappa shape index (κ2) is 15.0. The fraction of sp³-hybridized carbons (Fsp3) is 0.394. The van der Waals surface area contributed by atoms with Crippen LogP contribution in [-0.2, 0) is 32.6 Å². The lowest BCUT2D eigenvalue weighted by molar-refractivity contribution is -0.141.